The number of fused-ring (bicyclic) bond motifs is 4. The van der Waals surface area contributed by atoms with Crippen LogP contribution in [0.1, 0.15) is 28.3 Å². The second kappa shape index (κ2) is 6.48. The van der Waals surface area contributed by atoms with E-state index in [1.54, 1.807) is 28.4 Å². The number of hydrogen-bond donors (Lipinski definition) is 0. The van der Waals surface area contributed by atoms with Gasteiger partial charge >= 0.3 is 0 Å². The predicted octanol–water partition coefficient (Wildman–Crippen LogP) is 3.80. The highest BCUT2D eigenvalue weighted by atomic mass is 16.5. The van der Waals surface area contributed by atoms with Crippen LogP contribution in [-0.4, -0.2) is 33.3 Å². The highest BCUT2D eigenvalue weighted by molar-refractivity contribution is 5.64. The molecule has 26 heavy (non-hydrogen) atoms. The van der Waals surface area contributed by atoms with Gasteiger partial charge in [0, 0.05) is 12.7 Å². The van der Waals surface area contributed by atoms with E-state index >= 15 is 0 Å². The lowest BCUT2D eigenvalue weighted by Gasteiger charge is -2.40. The normalized spacial score (nSPS) is 17.1. The summed E-state index contributed by atoms with van der Waals surface area (Å²) in [6, 6.07) is 8.60. The van der Waals surface area contributed by atoms with E-state index in [0.29, 0.717) is 0 Å². The first-order valence-electron chi connectivity index (χ1n) is 8.62. The molecule has 1 unspecified atom stereocenters. The van der Waals surface area contributed by atoms with Crippen molar-refractivity contribution in [3.63, 3.8) is 0 Å². The van der Waals surface area contributed by atoms with E-state index in [1.807, 2.05) is 6.07 Å². The summed E-state index contributed by atoms with van der Waals surface area (Å²) in [6.07, 6.45) is 5.21. The Bertz CT molecular complexity index is 875. The maximum absolute atomic E-state index is 5.51. The second-order valence-corrected chi connectivity index (χ2v) is 6.52. The highest BCUT2D eigenvalue weighted by Crippen LogP contribution is 2.44. The Labute approximate surface area is 153 Å². The fourth-order valence-corrected chi connectivity index (χ4v) is 3.90. The average Bonchev–Trinajstić information content (AvgIpc) is 2.69. The molecule has 2 aromatic rings. The molecule has 0 aliphatic carbocycles. The van der Waals surface area contributed by atoms with Crippen LogP contribution in [0.25, 0.3) is 6.08 Å². The van der Waals surface area contributed by atoms with Crippen LogP contribution < -0.4 is 18.9 Å². The molecule has 5 heteroatoms. The van der Waals surface area contributed by atoms with Crippen molar-refractivity contribution in [2.24, 2.45) is 0 Å². The highest BCUT2D eigenvalue weighted by Gasteiger charge is 2.31. The van der Waals surface area contributed by atoms with Gasteiger partial charge in [-0.25, -0.2) is 0 Å². The zero-order valence-corrected chi connectivity index (χ0v) is 15.5. The molecule has 5 nitrogen and oxygen atoms in total. The molecule has 0 fully saturated rings. The second-order valence-electron chi connectivity index (χ2n) is 6.52. The molecular formula is C21H23NO4. The van der Waals surface area contributed by atoms with Gasteiger partial charge in [0.1, 0.15) is 0 Å². The van der Waals surface area contributed by atoms with Gasteiger partial charge in [0.2, 0.25) is 0 Å². The van der Waals surface area contributed by atoms with Crippen molar-refractivity contribution in [3.8, 4) is 23.0 Å². The molecule has 1 atom stereocenters. The lowest BCUT2D eigenvalue weighted by atomic mass is 9.85. The molecule has 0 radical (unpaired) electrons. The van der Waals surface area contributed by atoms with E-state index in [2.05, 4.69) is 35.4 Å². The summed E-state index contributed by atoms with van der Waals surface area (Å²) in [7, 11) is 6.69. The molecule has 2 aliphatic rings. The molecule has 0 saturated heterocycles. The van der Waals surface area contributed by atoms with Crippen LogP contribution in [0.3, 0.4) is 0 Å². The smallest absolute Gasteiger partial charge is 0.161 e. The lowest BCUT2D eigenvalue weighted by molar-refractivity contribution is 0.246. The summed E-state index contributed by atoms with van der Waals surface area (Å²) in [5.74, 6) is 3.07. The Morgan fingerprint density at radius 2 is 1.35 bits per heavy atom. The molecule has 2 heterocycles. The van der Waals surface area contributed by atoms with Crippen molar-refractivity contribution in [2.75, 3.05) is 28.4 Å². The minimum absolute atomic E-state index is 0.264. The Morgan fingerprint density at radius 3 is 2.00 bits per heavy atom. The molecule has 4 rings (SSSR count). The van der Waals surface area contributed by atoms with Gasteiger partial charge in [0.15, 0.2) is 23.0 Å². The predicted molar refractivity (Wildman–Crippen MR) is 100 cm³/mol. The number of nitrogens with zero attached hydrogens (tertiary/aromatic N) is 1. The molecule has 0 saturated carbocycles. The van der Waals surface area contributed by atoms with Crippen LogP contribution in [0.15, 0.2) is 30.5 Å². The molecule has 0 spiro atoms. The monoisotopic (exact) mass is 353 g/mol. The Hall–Kier alpha value is -2.82. The zero-order chi connectivity index (χ0) is 18.3. The standard InChI is InChI=1S/C21H23NO4/c1-23-18-8-13-5-6-22-12-15-10-20(25-3)19(24-2)9-14(15)7-17(22)16(13)11-21(18)26-4/h5-6,8-11,17H,7,12H2,1-4H3. The van der Waals surface area contributed by atoms with E-state index in [-0.39, 0.29) is 6.04 Å². The van der Waals surface area contributed by atoms with Crippen molar-refractivity contribution in [2.45, 2.75) is 19.0 Å². The van der Waals surface area contributed by atoms with Gasteiger partial charge in [0.25, 0.3) is 0 Å². The fraction of sp³-hybridized carbons (Fsp3) is 0.333. The van der Waals surface area contributed by atoms with Gasteiger partial charge in [-0.15, -0.1) is 0 Å². The third-order valence-corrected chi connectivity index (χ3v) is 5.27. The van der Waals surface area contributed by atoms with Crippen molar-refractivity contribution in [1.82, 2.24) is 4.90 Å². The molecule has 2 aliphatic heterocycles. The van der Waals surface area contributed by atoms with Gasteiger partial charge in [-0.3, -0.25) is 0 Å². The Balaban J connectivity index is 1.77. The van der Waals surface area contributed by atoms with Gasteiger partial charge in [-0.05, 0) is 59.0 Å². The van der Waals surface area contributed by atoms with E-state index in [1.165, 1.54) is 22.3 Å². The Morgan fingerprint density at radius 1 is 0.769 bits per heavy atom. The van der Waals surface area contributed by atoms with Gasteiger partial charge < -0.3 is 23.8 Å². The molecule has 136 valence electrons. The van der Waals surface area contributed by atoms with E-state index < -0.39 is 0 Å². The van der Waals surface area contributed by atoms with E-state index in [9.17, 15) is 0 Å². The molecule has 2 aromatic carbocycles. The summed E-state index contributed by atoms with van der Waals surface area (Å²) in [6.45, 7) is 0.838. The van der Waals surface area contributed by atoms with Crippen molar-refractivity contribution in [1.29, 1.82) is 0 Å². The fourth-order valence-electron chi connectivity index (χ4n) is 3.90. The van der Waals surface area contributed by atoms with Crippen LogP contribution in [0, 0.1) is 0 Å². The van der Waals surface area contributed by atoms with Crippen LogP contribution in [0.2, 0.25) is 0 Å². The number of rotatable bonds is 4. The largest absolute Gasteiger partial charge is 0.493 e. The third-order valence-electron chi connectivity index (χ3n) is 5.27. The molecule has 0 bridgehead atoms. The summed E-state index contributed by atoms with van der Waals surface area (Å²) >= 11 is 0. The minimum Gasteiger partial charge on any atom is -0.493 e. The SMILES string of the molecule is COc1cc2c(cc1OC)C1Cc3cc(OC)c(OC)cc3CN1C=C2. The van der Waals surface area contributed by atoms with Crippen molar-refractivity contribution < 1.29 is 18.9 Å². The molecule has 0 aromatic heterocycles. The summed E-state index contributed by atoms with van der Waals surface area (Å²) in [5.41, 5.74) is 4.99. The first-order chi connectivity index (χ1) is 12.7. The number of methoxy groups -OCH3 is 4. The lowest BCUT2D eigenvalue weighted by Crippen LogP contribution is -2.32. The first-order valence-corrected chi connectivity index (χ1v) is 8.62. The summed E-state index contributed by atoms with van der Waals surface area (Å²) in [5, 5.41) is 0. The molecular weight excluding hydrogens is 330 g/mol. The van der Waals surface area contributed by atoms with Crippen molar-refractivity contribution in [3.05, 3.63) is 52.7 Å². The summed E-state index contributed by atoms with van der Waals surface area (Å²) in [4.78, 5) is 2.36. The van der Waals surface area contributed by atoms with Gasteiger partial charge in [-0.1, -0.05) is 0 Å². The summed E-state index contributed by atoms with van der Waals surface area (Å²) < 4.78 is 21.9. The number of ether oxygens (including phenoxy) is 4. The van der Waals surface area contributed by atoms with Crippen LogP contribution in [-0.2, 0) is 13.0 Å². The van der Waals surface area contributed by atoms with E-state index in [0.717, 1.165) is 36.0 Å². The van der Waals surface area contributed by atoms with Gasteiger partial charge in [0.05, 0.1) is 34.5 Å². The maximum atomic E-state index is 5.51. The molecule has 0 amide bonds. The van der Waals surface area contributed by atoms with E-state index in [4.69, 9.17) is 18.9 Å². The van der Waals surface area contributed by atoms with Crippen LogP contribution in [0.5, 0.6) is 23.0 Å². The quantitative estimate of drug-likeness (QED) is 0.836. The van der Waals surface area contributed by atoms with Crippen molar-refractivity contribution >= 4 is 6.08 Å². The average molecular weight is 353 g/mol. The van der Waals surface area contributed by atoms with Crippen LogP contribution in [0.4, 0.5) is 0 Å². The molecule has 0 N–H and O–H groups in total. The first kappa shape index (κ1) is 16.6. The van der Waals surface area contributed by atoms with Crippen LogP contribution >= 0.6 is 0 Å². The maximum Gasteiger partial charge on any atom is 0.161 e. The number of benzene rings is 2. The third kappa shape index (κ3) is 2.55. The number of hydrogen-bond acceptors (Lipinski definition) is 5. The topological polar surface area (TPSA) is 40.2 Å². The minimum atomic E-state index is 0.264. The van der Waals surface area contributed by atoms with Gasteiger partial charge in [-0.2, -0.15) is 0 Å². The zero-order valence-electron chi connectivity index (χ0n) is 15.5. The Kier molecular flexibility index (Phi) is 4.15.